The van der Waals surface area contributed by atoms with Gasteiger partial charge in [0.05, 0.1) is 11.3 Å². The Morgan fingerprint density at radius 3 is 2.62 bits per heavy atom. The van der Waals surface area contributed by atoms with Gasteiger partial charge in [-0.2, -0.15) is 14.6 Å². The highest BCUT2D eigenvalue weighted by Crippen LogP contribution is 2.26. The standard InChI is InChI=1S/C18H19FN6O/c1-12-10-16(25-18(22-12)20-11-21-25)24-8-6-23(7-9-24)15-5-3-4-14(19)17(15)13(2)26/h3-5,10-11H,6-9H2,1-2H3. The third-order valence-electron chi connectivity index (χ3n) is 4.65. The van der Waals surface area contributed by atoms with E-state index < -0.39 is 5.82 Å². The minimum Gasteiger partial charge on any atom is -0.367 e. The Morgan fingerprint density at radius 2 is 1.88 bits per heavy atom. The van der Waals surface area contributed by atoms with E-state index >= 15 is 0 Å². The first kappa shape index (κ1) is 16.4. The third-order valence-corrected chi connectivity index (χ3v) is 4.65. The van der Waals surface area contributed by atoms with Gasteiger partial charge in [0.1, 0.15) is 18.0 Å². The number of aryl methyl sites for hydroxylation is 1. The number of halogens is 1. The maximum absolute atomic E-state index is 14.1. The molecule has 0 N–H and O–H groups in total. The molecule has 3 heterocycles. The van der Waals surface area contributed by atoms with Crippen LogP contribution in [0.3, 0.4) is 0 Å². The Balaban J connectivity index is 1.59. The summed E-state index contributed by atoms with van der Waals surface area (Å²) >= 11 is 0. The van der Waals surface area contributed by atoms with Crippen LogP contribution in [0.4, 0.5) is 15.9 Å². The normalized spacial score (nSPS) is 14.9. The first-order valence-electron chi connectivity index (χ1n) is 8.51. The lowest BCUT2D eigenvalue weighted by Crippen LogP contribution is -2.47. The fraction of sp³-hybridized carbons (Fsp3) is 0.333. The number of benzene rings is 1. The lowest BCUT2D eigenvalue weighted by molar-refractivity contribution is 0.101. The number of hydrogen-bond donors (Lipinski definition) is 0. The van der Waals surface area contributed by atoms with Crippen molar-refractivity contribution in [1.82, 2.24) is 19.6 Å². The van der Waals surface area contributed by atoms with Gasteiger partial charge in [0.2, 0.25) is 0 Å². The predicted molar refractivity (Wildman–Crippen MR) is 96.3 cm³/mol. The average molecular weight is 354 g/mol. The molecule has 2 aromatic heterocycles. The van der Waals surface area contributed by atoms with E-state index in [0.717, 1.165) is 24.6 Å². The van der Waals surface area contributed by atoms with E-state index in [1.807, 2.05) is 19.1 Å². The van der Waals surface area contributed by atoms with Gasteiger partial charge < -0.3 is 9.80 Å². The molecule has 1 aromatic carbocycles. The number of ketones is 1. The number of piperazine rings is 1. The molecular weight excluding hydrogens is 335 g/mol. The Labute approximate surface area is 150 Å². The molecule has 0 aliphatic carbocycles. The second-order valence-corrected chi connectivity index (χ2v) is 6.39. The van der Waals surface area contributed by atoms with Crippen molar-refractivity contribution in [1.29, 1.82) is 0 Å². The summed E-state index contributed by atoms with van der Waals surface area (Å²) in [5.74, 6) is 0.795. The van der Waals surface area contributed by atoms with Gasteiger partial charge in [0.15, 0.2) is 5.78 Å². The van der Waals surface area contributed by atoms with Crippen LogP contribution in [0.2, 0.25) is 0 Å². The van der Waals surface area contributed by atoms with Gasteiger partial charge in [-0.05, 0) is 26.0 Å². The molecule has 0 radical (unpaired) electrons. The molecule has 8 heteroatoms. The molecule has 26 heavy (non-hydrogen) atoms. The van der Waals surface area contributed by atoms with Gasteiger partial charge in [-0.1, -0.05) is 6.07 Å². The molecule has 0 bridgehead atoms. The highest BCUT2D eigenvalue weighted by atomic mass is 19.1. The summed E-state index contributed by atoms with van der Waals surface area (Å²) in [5.41, 5.74) is 1.71. The maximum atomic E-state index is 14.1. The van der Waals surface area contributed by atoms with Crippen LogP contribution in [-0.2, 0) is 0 Å². The Hall–Kier alpha value is -3.03. The molecule has 4 rings (SSSR count). The maximum Gasteiger partial charge on any atom is 0.254 e. The quantitative estimate of drug-likeness (QED) is 0.671. The SMILES string of the molecule is CC(=O)c1c(F)cccc1N1CCN(c2cc(C)nc3ncnn23)CC1. The van der Waals surface area contributed by atoms with Crippen LogP contribution in [0.25, 0.3) is 5.78 Å². The number of carbonyl (C=O) groups excluding carboxylic acids is 1. The van der Waals surface area contributed by atoms with E-state index in [9.17, 15) is 9.18 Å². The predicted octanol–water partition coefficient (Wildman–Crippen LogP) is 2.10. The Morgan fingerprint density at radius 1 is 1.15 bits per heavy atom. The van der Waals surface area contributed by atoms with Crippen molar-refractivity contribution < 1.29 is 9.18 Å². The lowest BCUT2D eigenvalue weighted by Gasteiger charge is -2.37. The monoisotopic (exact) mass is 354 g/mol. The summed E-state index contributed by atoms with van der Waals surface area (Å²) in [6, 6.07) is 6.77. The van der Waals surface area contributed by atoms with Crippen LogP contribution in [0.1, 0.15) is 23.0 Å². The first-order valence-corrected chi connectivity index (χ1v) is 8.51. The molecule has 0 unspecified atom stereocenters. The van der Waals surface area contributed by atoms with Crippen LogP contribution in [0.15, 0.2) is 30.6 Å². The second-order valence-electron chi connectivity index (χ2n) is 6.39. The minimum atomic E-state index is -0.466. The van der Waals surface area contributed by atoms with Crippen molar-refractivity contribution in [3.8, 4) is 0 Å². The molecule has 0 amide bonds. The van der Waals surface area contributed by atoms with E-state index in [1.54, 1.807) is 10.6 Å². The molecule has 3 aromatic rings. The van der Waals surface area contributed by atoms with E-state index in [-0.39, 0.29) is 11.3 Å². The van der Waals surface area contributed by atoms with Crippen LogP contribution >= 0.6 is 0 Å². The average Bonchev–Trinajstić information content (AvgIpc) is 3.09. The van der Waals surface area contributed by atoms with Gasteiger partial charge in [-0.15, -0.1) is 0 Å². The molecule has 1 saturated heterocycles. The molecule has 1 aliphatic rings. The molecule has 134 valence electrons. The second kappa shape index (κ2) is 6.36. The fourth-order valence-electron chi connectivity index (χ4n) is 3.44. The zero-order valence-corrected chi connectivity index (χ0v) is 14.7. The number of fused-ring (bicyclic) bond motifs is 1. The van der Waals surface area contributed by atoms with E-state index in [2.05, 4.69) is 24.9 Å². The highest BCUT2D eigenvalue weighted by molar-refractivity contribution is 6.00. The van der Waals surface area contributed by atoms with Gasteiger partial charge in [0, 0.05) is 37.9 Å². The molecule has 0 saturated carbocycles. The van der Waals surface area contributed by atoms with Crippen LogP contribution in [-0.4, -0.2) is 51.5 Å². The highest BCUT2D eigenvalue weighted by Gasteiger charge is 2.24. The van der Waals surface area contributed by atoms with Crippen molar-refractivity contribution in [3.05, 3.63) is 47.7 Å². The van der Waals surface area contributed by atoms with E-state index in [4.69, 9.17) is 0 Å². The molecule has 7 nitrogen and oxygen atoms in total. The topological polar surface area (TPSA) is 66.6 Å². The van der Waals surface area contributed by atoms with Crippen molar-refractivity contribution in [2.24, 2.45) is 0 Å². The van der Waals surface area contributed by atoms with Crippen LogP contribution < -0.4 is 9.80 Å². The summed E-state index contributed by atoms with van der Waals surface area (Å²) in [4.78, 5) is 24.7. The van der Waals surface area contributed by atoms with Crippen molar-refractivity contribution in [2.45, 2.75) is 13.8 Å². The van der Waals surface area contributed by atoms with Crippen molar-refractivity contribution >= 4 is 23.1 Å². The third kappa shape index (κ3) is 2.77. The Kier molecular flexibility index (Phi) is 4.02. The largest absolute Gasteiger partial charge is 0.367 e. The summed E-state index contributed by atoms with van der Waals surface area (Å²) in [5, 5.41) is 4.25. The lowest BCUT2D eigenvalue weighted by atomic mass is 10.1. The van der Waals surface area contributed by atoms with Crippen molar-refractivity contribution in [2.75, 3.05) is 36.0 Å². The Bertz CT molecular complexity index is 977. The van der Waals surface area contributed by atoms with Gasteiger partial charge in [0.25, 0.3) is 5.78 Å². The molecule has 1 aliphatic heterocycles. The van der Waals surface area contributed by atoms with Gasteiger partial charge >= 0.3 is 0 Å². The fourth-order valence-corrected chi connectivity index (χ4v) is 3.44. The first-order chi connectivity index (χ1) is 12.5. The number of Topliss-reactive ketones (excluding diaryl/α,β-unsaturated/α-hetero) is 1. The van der Waals surface area contributed by atoms with Crippen LogP contribution in [0.5, 0.6) is 0 Å². The number of aromatic nitrogens is 4. The summed E-state index contributed by atoms with van der Waals surface area (Å²) < 4.78 is 15.8. The van der Waals surface area contributed by atoms with E-state index in [1.165, 1.54) is 19.3 Å². The van der Waals surface area contributed by atoms with Crippen molar-refractivity contribution in [3.63, 3.8) is 0 Å². The summed E-state index contributed by atoms with van der Waals surface area (Å²) in [6.07, 6.45) is 1.49. The minimum absolute atomic E-state index is 0.166. The van der Waals surface area contributed by atoms with Gasteiger partial charge in [-0.3, -0.25) is 4.79 Å². The zero-order chi connectivity index (χ0) is 18.3. The number of rotatable bonds is 3. The van der Waals surface area contributed by atoms with Crippen LogP contribution in [0, 0.1) is 12.7 Å². The molecule has 0 atom stereocenters. The summed E-state index contributed by atoms with van der Waals surface area (Å²) in [6.45, 7) is 6.15. The van der Waals surface area contributed by atoms with E-state index in [0.29, 0.717) is 24.6 Å². The van der Waals surface area contributed by atoms with Gasteiger partial charge in [-0.25, -0.2) is 9.37 Å². The number of hydrogen-bond acceptors (Lipinski definition) is 6. The number of carbonyl (C=O) groups is 1. The number of nitrogens with zero attached hydrogens (tertiary/aromatic N) is 6. The smallest absolute Gasteiger partial charge is 0.254 e. The zero-order valence-electron chi connectivity index (χ0n) is 14.7. The molecule has 0 spiro atoms. The molecule has 1 fully saturated rings. The molecular formula is C18H19FN6O. The summed E-state index contributed by atoms with van der Waals surface area (Å²) in [7, 11) is 0. The number of anilines is 2.